The molecule has 0 aromatic carbocycles. The molecule has 23 heavy (non-hydrogen) atoms. The van der Waals surface area contributed by atoms with Gasteiger partial charge in [0, 0.05) is 6.42 Å². The maximum Gasteiger partial charge on any atom is 0.123 e. The lowest BCUT2D eigenvalue weighted by atomic mass is 10.0. The first-order valence-electron chi connectivity index (χ1n) is 10.5. The molecule has 0 bridgehead atoms. The number of unbranched alkanes of at least 4 members (excludes halogenated alkanes) is 14. The Morgan fingerprint density at radius 1 is 0.565 bits per heavy atom. The molecule has 0 aliphatic heterocycles. The Kier molecular flexibility index (Phi) is 15.3. The van der Waals surface area contributed by atoms with Crippen LogP contribution < -0.4 is 0 Å². The van der Waals surface area contributed by atoms with Gasteiger partial charge in [-0.25, -0.2) is 0 Å². The van der Waals surface area contributed by atoms with Crippen molar-refractivity contribution in [3.8, 4) is 0 Å². The van der Waals surface area contributed by atoms with Crippen LogP contribution in [0.25, 0.3) is 0 Å². The van der Waals surface area contributed by atoms with E-state index in [1.54, 1.807) is 0 Å². The summed E-state index contributed by atoms with van der Waals surface area (Å²) >= 11 is 0. The predicted octanol–water partition coefficient (Wildman–Crippen LogP) is 7.69. The van der Waals surface area contributed by atoms with Crippen molar-refractivity contribution in [3.05, 3.63) is 0 Å². The lowest BCUT2D eigenvalue weighted by Gasteiger charge is -2.13. The molecule has 0 radical (unpaired) electrons. The molecule has 0 spiro atoms. The Morgan fingerprint density at radius 3 is 1.17 bits per heavy atom. The number of hydrogen-bond acceptors (Lipinski definition) is 1. The van der Waals surface area contributed by atoms with Crippen LogP contribution in [0.4, 0.5) is 0 Å². The molecule has 0 atom stereocenters. The molecule has 0 amide bonds. The van der Waals surface area contributed by atoms with E-state index in [9.17, 15) is 4.79 Å². The summed E-state index contributed by atoms with van der Waals surface area (Å²) in [5, 5.41) is 0.562. The third-order valence-electron chi connectivity index (χ3n) is 4.84. The van der Waals surface area contributed by atoms with Gasteiger partial charge in [-0.1, -0.05) is 116 Å². The summed E-state index contributed by atoms with van der Waals surface area (Å²) in [7, 11) is -1.51. The summed E-state index contributed by atoms with van der Waals surface area (Å²) < 4.78 is 0. The molecule has 2 heteroatoms. The van der Waals surface area contributed by atoms with Gasteiger partial charge in [0.1, 0.15) is 13.5 Å². The highest BCUT2D eigenvalue weighted by molar-refractivity contribution is 7.03. The number of hydrogen-bond donors (Lipinski definition) is 0. The molecule has 0 fully saturated rings. The largest absolute Gasteiger partial charge is 0.305 e. The Morgan fingerprint density at radius 2 is 0.870 bits per heavy atom. The van der Waals surface area contributed by atoms with Crippen molar-refractivity contribution in [2.75, 3.05) is 0 Å². The van der Waals surface area contributed by atoms with E-state index in [0.29, 0.717) is 5.41 Å². The van der Waals surface area contributed by atoms with Gasteiger partial charge in [0.15, 0.2) is 0 Å². The van der Waals surface area contributed by atoms with Gasteiger partial charge in [-0.15, -0.1) is 0 Å². The van der Waals surface area contributed by atoms with Crippen LogP contribution in [0.5, 0.6) is 0 Å². The fraction of sp³-hybridized carbons (Fsp3) is 0.952. The van der Waals surface area contributed by atoms with Crippen LogP contribution in [0.2, 0.25) is 19.6 Å². The first kappa shape index (κ1) is 22.9. The van der Waals surface area contributed by atoms with Crippen LogP contribution in [-0.2, 0) is 4.79 Å². The third-order valence-corrected chi connectivity index (χ3v) is 6.77. The number of carbonyl (C=O) groups excluding carboxylic acids is 1. The smallest absolute Gasteiger partial charge is 0.123 e. The lowest BCUT2D eigenvalue weighted by Crippen LogP contribution is -2.32. The zero-order valence-electron chi connectivity index (χ0n) is 16.7. The molecule has 0 saturated heterocycles. The van der Waals surface area contributed by atoms with Crippen LogP contribution in [0.15, 0.2) is 0 Å². The molecule has 0 unspecified atom stereocenters. The molecule has 0 rings (SSSR count). The van der Waals surface area contributed by atoms with E-state index in [4.69, 9.17) is 0 Å². The maximum atomic E-state index is 11.9. The van der Waals surface area contributed by atoms with Gasteiger partial charge in [0.25, 0.3) is 0 Å². The van der Waals surface area contributed by atoms with E-state index in [-0.39, 0.29) is 0 Å². The monoisotopic (exact) mass is 340 g/mol. The van der Waals surface area contributed by atoms with Crippen molar-refractivity contribution >= 4 is 13.5 Å². The Hall–Kier alpha value is -0.113. The van der Waals surface area contributed by atoms with Crippen molar-refractivity contribution in [1.82, 2.24) is 0 Å². The van der Waals surface area contributed by atoms with Gasteiger partial charge in [0.2, 0.25) is 0 Å². The standard InChI is InChI=1S/C21H44OSi/c1-5-6-7-8-9-10-11-12-13-14-15-16-17-18-19-20-21(22)23(2,3)4/h5-20H2,1-4H3. The van der Waals surface area contributed by atoms with E-state index >= 15 is 0 Å². The minimum Gasteiger partial charge on any atom is -0.305 e. The minimum absolute atomic E-state index is 0.562. The second-order valence-electron chi connectivity index (χ2n) is 8.37. The lowest BCUT2D eigenvalue weighted by molar-refractivity contribution is -0.112. The van der Waals surface area contributed by atoms with Crippen molar-refractivity contribution < 1.29 is 4.79 Å². The summed E-state index contributed by atoms with van der Waals surface area (Å²) in [6, 6.07) is 0. The van der Waals surface area contributed by atoms with Crippen molar-refractivity contribution in [3.63, 3.8) is 0 Å². The molecule has 0 aliphatic rings. The summed E-state index contributed by atoms with van der Waals surface area (Å²) in [4.78, 5) is 11.9. The highest BCUT2D eigenvalue weighted by Crippen LogP contribution is 2.14. The van der Waals surface area contributed by atoms with Gasteiger partial charge < -0.3 is 4.79 Å². The molecule has 138 valence electrons. The molecule has 0 aromatic heterocycles. The van der Waals surface area contributed by atoms with Crippen molar-refractivity contribution in [2.24, 2.45) is 0 Å². The fourth-order valence-corrected chi connectivity index (χ4v) is 3.96. The van der Waals surface area contributed by atoms with Crippen molar-refractivity contribution in [1.29, 1.82) is 0 Å². The third kappa shape index (κ3) is 16.5. The second kappa shape index (κ2) is 15.4. The highest BCUT2D eigenvalue weighted by atomic mass is 28.3. The molecule has 0 N–H and O–H groups in total. The molecule has 0 aliphatic carbocycles. The number of rotatable bonds is 17. The summed E-state index contributed by atoms with van der Waals surface area (Å²) in [5.41, 5.74) is 0. The average molecular weight is 341 g/mol. The van der Waals surface area contributed by atoms with E-state index in [2.05, 4.69) is 26.6 Å². The molecule has 0 aromatic rings. The zero-order chi connectivity index (χ0) is 17.4. The molecular weight excluding hydrogens is 296 g/mol. The van der Waals surface area contributed by atoms with Gasteiger partial charge in [-0.2, -0.15) is 0 Å². The Labute approximate surface area is 148 Å². The quantitative estimate of drug-likeness (QED) is 0.196. The minimum atomic E-state index is -1.51. The molecule has 1 nitrogen and oxygen atoms in total. The molecule has 0 heterocycles. The molecule has 0 saturated carbocycles. The number of carbonyl (C=O) groups is 1. The van der Waals surface area contributed by atoms with Gasteiger partial charge in [-0.05, 0) is 6.42 Å². The Bertz CT molecular complexity index is 268. The van der Waals surface area contributed by atoms with Gasteiger partial charge in [0.05, 0.1) is 0 Å². The summed E-state index contributed by atoms with van der Waals surface area (Å²) in [5.74, 6) is 0. The predicted molar refractivity (Wildman–Crippen MR) is 108 cm³/mol. The SMILES string of the molecule is CCCCCCCCCCCCCCCCCC(=O)[Si](C)(C)C. The average Bonchev–Trinajstić information content (AvgIpc) is 2.50. The van der Waals surface area contributed by atoms with E-state index in [1.165, 1.54) is 89.9 Å². The first-order valence-corrected chi connectivity index (χ1v) is 14.0. The fourth-order valence-electron chi connectivity index (χ4n) is 3.03. The van der Waals surface area contributed by atoms with Crippen LogP contribution in [0, 0.1) is 0 Å². The van der Waals surface area contributed by atoms with Gasteiger partial charge >= 0.3 is 0 Å². The normalized spacial score (nSPS) is 11.8. The Balaban J connectivity index is 3.12. The van der Waals surface area contributed by atoms with Crippen LogP contribution >= 0.6 is 0 Å². The van der Waals surface area contributed by atoms with Crippen LogP contribution in [0.3, 0.4) is 0 Å². The summed E-state index contributed by atoms with van der Waals surface area (Å²) in [6.07, 6.45) is 21.7. The van der Waals surface area contributed by atoms with Crippen LogP contribution in [-0.4, -0.2) is 13.5 Å². The van der Waals surface area contributed by atoms with E-state index < -0.39 is 8.07 Å². The zero-order valence-corrected chi connectivity index (χ0v) is 17.7. The van der Waals surface area contributed by atoms with Crippen LogP contribution in [0.1, 0.15) is 110 Å². The van der Waals surface area contributed by atoms with E-state index in [1.807, 2.05) is 0 Å². The summed E-state index contributed by atoms with van der Waals surface area (Å²) in [6.45, 7) is 8.79. The second-order valence-corrected chi connectivity index (χ2v) is 13.4. The van der Waals surface area contributed by atoms with Gasteiger partial charge in [-0.3, -0.25) is 0 Å². The highest BCUT2D eigenvalue weighted by Gasteiger charge is 2.22. The maximum absolute atomic E-state index is 11.9. The molecular formula is C21H44OSi. The van der Waals surface area contributed by atoms with Crippen molar-refractivity contribution in [2.45, 2.75) is 129 Å². The first-order chi connectivity index (χ1) is 11.0. The topological polar surface area (TPSA) is 17.1 Å². The van der Waals surface area contributed by atoms with E-state index in [0.717, 1.165) is 12.8 Å².